The summed E-state index contributed by atoms with van der Waals surface area (Å²) in [5.74, 6) is 1.92. The third kappa shape index (κ3) is 6.51. The van der Waals surface area contributed by atoms with Crippen LogP contribution < -0.4 is 15.0 Å². The van der Waals surface area contributed by atoms with E-state index in [2.05, 4.69) is 24.5 Å². The predicted molar refractivity (Wildman–Crippen MR) is 190 cm³/mol. The molecule has 7 nitrogen and oxygen atoms in total. The van der Waals surface area contributed by atoms with Crippen molar-refractivity contribution >= 4 is 17.1 Å². The van der Waals surface area contributed by atoms with Crippen LogP contribution in [-0.4, -0.2) is 27.0 Å². The molecule has 0 aliphatic rings. The zero-order valence-corrected chi connectivity index (χ0v) is 28.1. The number of fused-ring (bicyclic) bond motifs is 1. The second-order valence-electron chi connectivity index (χ2n) is 12.2. The number of rotatable bonds is 10. The van der Waals surface area contributed by atoms with E-state index in [0.29, 0.717) is 29.1 Å². The molecule has 8 heteroatoms. The summed E-state index contributed by atoms with van der Waals surface area (Å²) in [6, 6.07) is 27.7. The quantitative estimate of drug-likeness (QED) is 0.140. The normalized spacial score (nSPS) is 11.6. The van der Waals surface area contributed by atoms with Crippen LogP contribution >= 0.6 is 0 Å². The highest BCUT2D eigenvalue weighted by Crippen LogP contribution is 2.34. The van der Waals surface area contributed by atoms with Gasteiger partial charge < -0.3 is 14.0 Å². The van der Waals surface area contributed by atoms with Gasteiger partial charge in [0.15, 0.2) is 5.82 Å². The Balaban J connectivity index is 1.36. The SMILES string of the molecule is CCOc1cc(C)c(-c2nc3ccccc3c(=O)n2N=Cc2cc(C)n(-c3ccc(OCc4cccc(F)c4)cc3)c2C)cc1C(C)C. The number of aryl methyl sites for hydroxylation is 2. The van der Waals surface area contributed by atoms with Crippen molar-refractivity contribution in [2.24, 2.45) is 5.10 Å². The third-order valence-electron chi connectivity index (χ3n) is 8.45. The summed E-state index contributed by atoms with van der Waals surface area (Å²) in [6.07, 6.45) is 1.73. The van der Waals surface area contributed by atoms with E-state index in [1.165, 1.54) is 16.8 Å². The van der Waals surface area contributed by atoms with Crippen LogP contribution in [-0.2, 0) is 6.61 Å². The molecule has 6 aromatic rings. The van der Waals surface area contributed by atoms with Crippen molar-refractivity contribution in [1.82, 2.24) is 14.2 Å². The van der Waals surface area contributed by atoms with Crippen molar-refractivity contribution in [3.8, 4) is 28.6 Å². The van der Waals surface area contributed by atoms with E-state index in [0.717, 1.165) is 50.6 Å². The van der Waals surface area contributed by atoms with Crippen LogP contribution in [0.4, 0.5) is 4.39 Å². The average Bonchev–Trinajstić information content (AvgIpc) is 3.35. The van der Waals surface area contributed by atoms with Crippen molar-refractivity contribution in [3.63, 3.8) is 0 Å². The van der Waals surface area contributed by atoms with Gasteiger partial charge in [0.25, 0.3) is 5.56 Å². The number of para-hydroxylation sites is 1. The maximum absolute atomic E-state index is 14.0. The Morgan fingerprint density at radius 3 is 2.42 bits per heavy atom. The number of benzene rings is 4. The van der Waals surface area contributed by atoms with Crippen molar-refractivity contribution in [3.05, 3.63) is 141 Å². The van der Waals surface area contributed by atoms with Crippen molar-refractivity contribution in [2.45, 2.75) is 54.1 Å². The van der Waals surface area contributed by atoms with E-state index in [4.69, 9.17) is 19.6 Å². The van der Waals surface area contributed by atoms with E-state index in [9.17, 15) is 9.18 Å². The van der Waals surface area contributed by atoms with Gasteiger partial charge in [-0.25, -0.2) is 9.37 Å². The lowest BCUT2D eigenvalue weighted by molar-refractivity contribution is 0.305. The highest BCUT2D eigenvalue weighted by molar-refractivity contribution is 5.84. The Bertz CT molecular complexity index is 2200. The molecule has 0 spiro atoms. The van der Waals surface area contributed by atoms with Gasteiger partial charge in [-0.05, 0) is 117 Å². The molecule has 0 bridgehead atoms. The Hall–Kier alpha value is -5.50. The molecule has 6 rings (SSSR count). The molecule has 0 unspecified atom stereocenters. The Morgan fingerprint density at radius 2 is 1.69 bits per heavy atom. The summed E-state index contributed by atoms with van der Waals surface area (Å²) in [7, 11) is 0. The number of aromatic nitrogens is 3. The standard InChI is InChI=1S/C40H39FN4O3/c1-7-47-38-19-26(4)36(22-35(38)25(2)3)39-43-37-14-9-8-13-34(37)40(46)45(39)42-23-30-20-27(5)44(28(30)6)32-15-17-33(18-16-32)48-24-29-11-10-12-31(41)21-29/h8-23,25H,7,24H2,1-6H3. The smallest absolute Gasteiger partial charge is 0.282 e. The maximum atomic E-state index is 14.0. The predicted octanol–water partition coefficient (Wildman–Crippen LogP) is 8.90. The van der Waals surface area contributed by atoms with Crippen molar-refractivity contribution in [2.75, 3.05) is 6.61 Å². The van der Waals surface area contributed by atoms with Crippen molar-refractivity contribution in [1.29, 1.82) is 0 Å². The van der Waals surface area contributed by atoms with Crippen LogP contribution in [0.15, 0.2) is 101 Å². The van der Waals surface area contributed by atoms with Gasteiger partial charge in [-0.3, -0.25) is 4.79 Å². The van der Waals surface area contributed by atoms with E-state index >= 15 is 0 Å². The lowest BCUT2D eigenvalue weighted by atomic mass is 9.96. The van der Waals surface area contributed by atoms with Gasteiger partial charge in [0, 0.05) is 28.2 Å². The summed E-state index contributed by atoms with van der Waals surface area (Å²) in [5.41, 5.74) is 7.76. The van der Waals surface area contributed by atoms with Crippen LogP contribution in [0.3, 0.4) is 0 Å². The van der Waals surface area contributed by atoms with E-state index < -0.39 is 0 Å². The molecule has 4 aromatic carbocycles. The van der Waals surface area contributed by atoms with Gasteiger partial charge in [-0.1, -0.05) is 38.1 Å². The molecular weight excluding hydrogens is 603 g/mol. The molecule has 0 N–H and O–H groups in total. The third-order valence-corrected chi connectivity index (χ3v) is 8.45. The molecule has 0 aliphatic carbocycles. The van der Waals surface area contributed by atoms with Gasteiger partial charge in [-0.2, -0.15) is 9.78 Å². The first-order chi connectivity index (χ1) is 23.1. The summed E-state index contributed by atoms with van der Waals surface area (Å²) in [5, 5.41) is 5.28. The molecule has 0 fully saturated rings. The van der Waals surface area contributed by atoms with E-state index in [1.807, 2.05) is 88.4 Å². The Morgan fingerprint density at radius 1 is 0.917 bits per heavy atom. The summed E-state index contributed by atoms with van der Waals surface area (Å²) < 4.78 is 28.9. The van der Waals surface area contributed by atoms with Gasteiger partial charge >= 0.3 is 0 Å². The molecule has 2 aromatic heterocycles. The average molecular weight is 643 g/mol. The Kier molecular flexibility index (Phi) is 9.26. The Labute approximate surface area is 279 Å². The fourth-order valence-corrected chi connectivity index (χ4v) is 6.00. The fraction of sp³-hybridized carbons (Fsp3) is 0.225. The minimum Gasteiger partial charge on any atom is -0.494 e. The first-order valence-corrected chi connectivity index (χ1v) is 16.1. The number of halogens is 1. The molecule has 244 valence electrons. The van der Waals surface area contributed by atoms with Crippen molar-refractivity contribution < 1.29 is 13.9 Å². The summed E-state index contributed by atoms with van der Waals surface area (Å²) in [6.45, 7) is 13.1. The van der Waals surface area contributed by atoms with Gasteiger partial charge in [0.05, 0.1) is 23.7 Å². The first kappa shape index (κ1) is 32.4. The molecular formula is C40H39FN4O3. The topological polar surface area (TPSA) is 70.6 Å². The molecule has 2 heterocycles. The van der Waals surface area contributed by atoms with Crippen LogP contribution in [0, 0.1) is 26.6 Å². The lowest BCUT2D eigenvalue weighted by Crippen LogP contribution is -2.21. The van der Waals surface area contributed by atoms with Gasteiger partial charge in [0.1, 0.15) is 23.9 Å². The second kappa shape index (κ2) is 13.7. The number of ether oxygens (including phenoxy) is 2. The van der Waals surface area contributed by atoms with Gasteiger partial charge in [-0.15, -0.1) is 0 Å². The van der Waals surface area contributed by atoms with Gasteiger partial charge in [0.2, 0.25) is 0 Å². The molecule has 0 atom stereocenters. The minimum atomic E-state index is -0.283. The fourth-order valence-electron chi connectivity index (χ4n) is 6.00. The van der Waals surface area contributed by atoms with Crippen LogP contribution in [0.25, 0.3) is 28.0 Å². The molecule has 0 aliphatic heterocycles. The molecule has 0 saturated heterocycles. The molecule has 0 saturated carbocycles. The van der Waals surface area contributed by atoms with E-state index in [1.54, 1.807) is 18.3 Å². The summed E-state index contributed by atoms with van der Waals surface area (Å²) >= 11 is 0. The zero-order chi connectivity index (χ0) is 33.9. The largest absolute Gasteiger partial charge is 0.494 e. The number of hydrogen-bond acceptors (Lipinski definition) is 5. The second-order valence-corrected chi connectivity index (χ2v) is 12.2. The van der Waals surface area contributed by atoms with E-state index in [-0.39, 0.29) is 23.9 Å². The monoisotopic (exact) mass is 642 g/mol. The zero-order valence-electron chi connectivity index (χ0n) is 28.1. The number of hydrogen-bond donors (Lipinski definition) is 0. The van der Waals surface area contributed by atoms with Crippen LogP contribution in [0.1, 0.15) is 60.3 Å². The lowest BCUT2D eigenvalue weighted by Gasteiger charge is -2.18. The van der Waals surface area contributed by atoms with Crippen LogP contribution in [0.2, 0.25) is 0 Å². The first-order valence-electron chi connectivity index (χ1n) is 16.1. The van der Waals surface area contributed by atoms with Crippen LogP contribution in [0.5, 0.6) is 11.5 Å². The molecule has 0 radical (unpaired) electrons. The highest BCUT2D eigenvalue weighted by Gasteiger charge is 2.19. The molecule has 48 heavy (non-hydrogen) atoms. The summed E-state index contributed by atoms with van der Waals surface area (Å²) in [4.78, 5) is 18.9. The maximum Gasteiger partial charge on any atom is 0.282 e. The molecule has 0 amide bonds. The highest BCUT2D eigenvalue weighted by atomic mass is 19.1. The minimum absolute atomic E-state index is 0.203. The number of nitrogens with zero attached hydrogens (tertiary/aromatic N) is 4.